The molecule has 0 aliphatic heterocycles. The molecule has 0 aromatic carbocycles. The average molecular weight is 304 g/mol. The van der Waals surface area contributed by atoms with Crippen LogP contribution in [0.25, 0.3) is 0 Å². The van der Waals surface area contributed by atoms with Crippen LogP contribution in [-0.2, 0) is 18.9 Å². The highest BCUT2D eigenvalue weighted by Gasteiger charge is 2.10. The zero-order chi connectivity index (χ0) is 16.1. The highest BCUT2D eigenvalue weighted by atomic mass is 16.6. The van der Waals surface area contributed by atoms with E-state index in [1.807, 2.05) is 20.8 Å². The van der Waals surface area contributed by atoms with E-state index in [0.29, 0.717) is 25.7 Å². The van der Waals surface area contributed by atoms with Crippen molar-refractivity contribution >= 4 is 0 Å². The van der Waals surface area contributed by atoms with E-state index < -0.39 is 0 Å². The second-order valence-electron chi connectivity index (χ2n) is 6.25. The van der Waals surface area contributed by atoms with E-state index in [2.05, 4.69) is 20.8 Å². The molecule has 3 unspecified atom stereocenters. The van der Waals surface area contributed by atoms with Crippen molar-refractivity contribution in [1.82, 2.24) is 0 Å². The lowest BCUT2D eigenvalue weighted by Crippen LogP contribution is -2.27. The van der Waals surface area contributed by atoms with Gasteiger partial charge in [0, 0.05) is 13.2 Å². The van der Waals surface area contributed by atoms with Crippen LogP contribution in [0.15, 0.2) is 0 Å². The van der Waals surface area contributed by atoms with Gasteiger partial charge in [0.05, 0.1) is 38.1 Å². The molecule has 0 aliphatic rings. The molecule has 0 heterocycles. The average Bonchev–Trinajstić information content (AvgIpc) is 2.42. The quantitative estimate of drug-likeness (QED) is 0.459. The minimum Gasteiger partial charge on any atom is -0.379 e. The van der Waals surface area contributed by atoms with Gasteiger partial charge in [0.2, 0.25) is 0 Å². The Kier molecular flexibility index (Phi) is 13.4. The normalized spacial score (nSPS) is 16.1. The van der Waals surface area contributed by atoms with Crippen molar-refractivity contribution in [3.63, 3.8) is 0 Å². The molecule has 0 rings (SSSR count). The van der Waals surface area contributed by atoms with Crippen LogP contribution in [0.3, 0.4) is 0 Å². The number of hydrogen-bond acceptors (Lipinski definition) is 4. The maximum atomic E-state index is 5.74. The molecule has 0 bridgehead atoms. The molecule has 0 radical (unpaired) electrons. The molecular weight excluding hydrogens is 268 g/mol. The SMILES string of the molecule is CCCCOC(C)COC(C)COC(C)COCC(C)C. The van der Waals surface area contributed by atoms with Crippen LogP contribution in [0.4, 0.5) is 0 Å². The summed E-state index contributed by atoms with van der Waals surface area (Å²) < 4.78 is 22.7. The van der Waals surface area contributed by atoms with Gasteiger partial charge in [-0.25, -0.2) is 0 Å². The first kappa shape index (κ1) is 20.8. The Labute approximate surface area is 131 Å². The third-order valence-corrected chi connectivity index (χ3v) is 2.93. The highest BCUT2D eigenvalue weighted by molar-refractivity contribution is 4.55. The van der Waals surface area contributed by atoms with Gasteiger partial charge in [-0.15, -0.1) is 0 Å². The number of hydrogen-bond donors (Lipinski definition) is 0. The molecule has 21 heavy (non-hydrogen) atoms. The van der Waals surface area contributed by atoms with Crippen molar-refractivity contribution in [3.8, 4) is 0 Å². The van der Waals surface area contributed by atoms with Gasteiger partial charge < -0.3 is 18.9 Å². The Morgan fingerprint density at radius 3 is 1.71 bits per heavy atom. The Morgan fingerprint density at radius 2 is 1.19 bits per heavy atom. The summed E-state index contributed by atoms with van der Waals surface area (Å²) in [5.74, 6) is 0.564. The van der Waals surface area contributed by atoms with Crippen molar-refractivity contribution in [2.45, 2.75) is 72.7 Å². The summed E-state index contributed by atoms with van der Waals surface area (Å²) in [7, 11) is 0. The molecule has 3 atom stereocenters. The zero-order valence-corrected chi connectivity index (χ0v) is 14.9. The van der Waals surface area contributed by atoms with Crippen LogP contribution >= 0.6 is 0 Å². The van der Waals surface area contributed by atoms with Crippen molar-refractivity contribution in [2.75, 3.05) is 33.0 Å². The fourth-order valence-electron chi connectivity index (χ4n) is 1.64. The van der Waals surface area contributed by atoms with Crippen LogP contribution in [0.2, 0.25) is 0 Å². The van der Waals surface area contributed by atoms with Crippen molar-refractivity contribution in [2.24, 2.45) is 5.92 Å². The smallest absolute Gasteiger partial charge is 0.0781 e. The van der Waals surface area contributed by atoms with E-state index in [4.69, 9.17) is 18.9 Å². The van der Waals surface area contributed by atoms with Gasteiger partial charge in [-0.05, 0) is 33.1 Å². The zero-order valence-electron chi connectivity index (χ0n) is 14.9. The molecule has 0 saturated carbocycles. The van der Waals surface area contributed by atoms with Crippen LogP contribution < -0.4 is 0 Å². The van der Waals surface area contributed by atoms with Crippen LogP contribution in [0, 0.1) is 5.92 Å². The number of unbranched alkanes of at least 4 members (excludes halogenated alkanes) is 1. The summed E-state index contributed by atoms with van der Waals surface area (Å²) in [6.45, 7) is 16.0. The predicted octanol–water partition coefficient (Wildman–Crippen LogP) is 3.67. The first-order chi connectivity index (χ1) is 9.95. The molecule has 0 saturated heterocycles. The van der Waals surface area contributed by atoms with Gasteiger partial charge in [-0.1, -0.05) is 27.2 Å². The summed E-state index contributed by atoms with van der Waals surface area (Å²) >= 11 is 0. The highest BCUT2D eigenvalue weighted by Crippen LogP contribution is 2.02. The standard InChI is InChI=1S/C17H36O4/c1-7-8-9-19-16(5)12-21-17(6)13-20-15(4)11-18-10-14(2)3/h14-17H,7-13H2,1-6H3. The lowest BCUT2D eigenvalue weighted by Gasteiger charge is -2.20. The molecule has 128 valence electrons. The topological polar surface area (TPSA) is 36.9 Å². The van der Waals surface area contributed by atoms with Crippen LogP contribution in [0.5, 0.6) is 0 Å². The van der Waals surface area contributed by atoms with E-state index in [1.54, 1.807) is 0 Å². The minimum atomic E-state index is 0.0785. The largest absolute Gasteiger partial charge is 0.379 e. The third-order valence-electron chi connectivity index (χ3n) is 2.93. The van der Waals surface area contributed by atoms with Crippen molar-refractivity contribution in [3.05, 3.63) is 0 Å². The Bertz CT molecular complexity index is 221. The van der Waals surface area contributed by atoms with Crippen molar-refractivity contribution in [1.29, 1.82) is 0 Å². The number of ether oxygens (including phenoxy) is 4. The van der Waals surface area contributed by atoms with Gasteiger partial charge in [0.1, 0.15) is 0 Å². The summed E-state index contributed by atoms with van der Waals surface area (Å²) in [4.78, 5) is 0. The monoisotopic (exact) mass is 304 g/mol. The Balaban J connectivity index is 3.53. The fraction of sp³-hybridized carbons (Fsp3) is 1.00. The first-order valence-electron chi connectivity index (χ1n) is 8.38. The maximum absolute atomic E-state index is 5.74. The van der Waals surface area contributed by atoms with Crippen LogP contribution in [0.1, 0.15) is 54.4 Å². The molecule has 0 fully saturated rings. The molecule has 0 aromatic rings. The lowest BCUT2D eigenvalue weighted by molar-refractivity contribution is -0.0811. The lowest BCUT2D eigenvalue weighted by atomic mass is 10.2. The number of rotatable bonds is 14. The molecular formula is C17H36O4. The summed E-state index contributed by atoms with van der Waals surface area (Å²) in [5, 5.41) is 0. The van der Waals surface area contributed by atoms with E-state index in [1.165, 1.54) is 0 Å². The van der Waals surface area contributed by atoms with E-state index in [0.717, 1.165) is 26.1 Å². The Morgan fingerprint density at radius 1 is 0.667 bits per heavy atom. The maximum Gasteiger partial charge on any atom is 0.0781 e. The van der Waals surface area contributed by atoms with Crippen LogP contribution in [-0.4, -0.2) is 51.3 Å². The summed E-state index contributed by atoms with van der Waals surface area (Å²) in [6.07, 6.45) is 2.60. The second kappa shape index (κ2) is 13.5. The van der Waals surface area contributed by atoms with E-state index in [9.17, 15) is 0 Å². The first-order valence-corrected chi connectivity index (χ1v) is 8.38. The van der Waals surface area contributed by atoms with Crippen molar-refractivity contribution < 1.29 is 18.9 Å². The van der Waals surface area contributed by atoms with Gasteiger partial charge in [-0.2, -0.15) is 0 Å². The summed E-state index contributed by atoms with van der Waals surface area (Å²) in [6, 6.07) is 0. The van der Waals surface area contributed by atoms with E-state index in [-0.39, 0.29) is 18.3 Å². The Hall–Kier alpha value is -0.160. The predicted molar refractivity (Wildman–Crippen MR) is 86.8 cm³/mol. The summed E-state index contributed by atoms with van der Waals surface area (Å²) in [5.41, 5.74) is 0. The molecule has 4 heteroatoms. The molecule has 4 nitrogen and oxygen atoms in total. The molecule has 0 aromatic heterocycles. The fourth-order valence-corrected chi connectivity index (χ4v) is 1.64. The minimum absolute atomic E-state index is 0.0785. The molecule has 0 aliphatic carbocycles. The van der Waals surface area contributed by atoms with Gasteiger partial charge >= 0.3 is 0 Å². The third kappa shape index (κ3) is 14.5. The van der Waals surface area contributed by atoms with Gasteiger partial charge in [-0.3, -0.25) is 0 Å². The molecule has 0 N–H and O–H groups in total. The van der Waals surface area contributed by atoms with E-state index >= 15 is 0 Å². The van der Waals surface area contributed by atoms with Gasteiger partial charge in [0.25, 0.3) is 0 Å². The van der Waals surface area contributed by atoms with Gasteiger partial charge in [0.15, 0.2) is 0 Å². The molecule has 0 amide bonds. The molecule has 0 spiro atoms. The second-order valence-corrected chi connectivity index (χ2v) is 6.25.